The van der Waals surface area contributed by atoms with Crippen molar-refractivity contribution >= 4 is 60.3 Å². The van der Waals surface area contributed by atoms with Gasteiger partial charge >= 0.3 is 0 Å². The van der Waals surface area contributed by atoms with Gasteiger partial charge in [0, 0.05) is 41.6 Å². The molecular weight excluding hydrogens is 631 g/mol. The van der Waals surface area contributed by atoms with Crippen LogP contribution in [-0.4, -0.2) is 0 Å². The van der Waals surface area contributed by atoms with E-state index in [2.05, 4.69) is 169 Å². The lowest BCUT2D eigenvalue weighted by atomic mass is 9.82. The van der Waals surface area contributed by atoms with Gasteiger partial charge in [0.05, 0.1) is 11.4 Å². The standard InChI is InChI=1S/C46H31NS2/c1-29-27-33-13-5-6-14-35(33)45-36(44(29)31-11-3-2-4-12-31)24-26-43-46(45)37-28-32(21-25-40(37)48-43)30-19-22-34(23-20-30)47-38-15-7-9-17-41(38)49-42-18-10-8-16-39(42)47/h2-26,28,44H,1,27H2. The van der Waals surface area contributed by atoms with Crippen molar-refractivity contribution in [1.29, 1.82) is 0 Å². The van der Waals surface area contributed by atoms with Crippen LogP contribution in [0.3, 0.4) is 0 Å². The monoisotopic (exact) mass is 661 g/mol. The van der Waals surface area contributed by atoms with Gasteiger partial charge in [-0.3, -0.25) is 0 Å². The summed E-state index contributed by atoms with van der Waals surface area (Å²) in [5.74, 6) is 0.141. The Morgan fingerprint density at radius 2 is 1.24 bits per heavy atom. The number of allylic oxidation sites excluding steroid dienone is 1. The summed E-state index contributed by atoms with van der Waals surface area (Å²) in [5.41, 5.74) is 14.0. The van der Waals surface area contributed by atoms with E-state index in [9.17, 15) is 0 Å². The fraction of sp³-hybridized carbons (Fsp3) is 0.0435. The maximum atomic E-state index is 4.68. The minimum atomic E-state index is 0.141. The summed E-state index contributed by atoms with van der Waals surface area (Å²) in [7, 11) is 0. The fourth-order valence-corrected chi connectivity index (χ4v) is 10.1. The molecule has 0 saturated carbocycles. The first kappa shape index (κ1) is 28.6. The van der Waals surface area contributed by atoms with Crippen LogP contribution in [0.1, 0.15) is 22.6 Å². The van der Waals surface area contributed by atoms with Gasteiger partial charge in [-0.1, -0.05) is 127 Å². The van der Waals surface area contributed by atoms with Crippen LogP contribution in [0.15, 0.2) is 180 Å². The lowest BCUT2D eigenvalue weighted by molar-refractivity contribution is 0.918. The van der Waals surface area contributed by atoms with Crippen molar-refractivity contribution in [2.75, 3.05) is 4.90 Å². The molecule has 10 rings (SSSR count). The smallest absolute Gasteiger partial charge is 0.0601 e. The first-order chi connectivity index (χ1) is 24.2. The van der Waals surface area contributed by atoms with Crippen LogP contribution < -0.4 is 4.90 Å². The highest BCUT2D eigenvalue weighted by Crippen LogP contribution is 2.52. The molecule has 0 fully saturated rings. The number of hydrogen-bond acceptors (Lipinski definition) is 3. The van der Waals surface area contributed by atoms with E-state index in [1.165, 1.54) is 91.5 Å². The van der Waals surface area contributed by atoms with Crippen LogP contribution in [-0.2, 0) is 6.42 Å². The third kappa shape index (κ3) is 4.61. The third-order valence-corrected chi connectivity index (χ3v) is 12.4. The molecule has 1 nitrogen and oxygen atoms in total. The molecule has 0 N–H and O–H groups in total. The molecule has 1 aromatic heterocycles. The molecule has 2 aliphatic rings. The quantitative estimate of drug-likeness (QED) is 0.173. The molecule has 232 valence electrons. The van der Waals surface area contributed by atoms with Crippen molar-refractivity contribution in [2.45, 2.75) is 22.1 Å². The Morgan fingerprint density at radius 3 is 2.02 bits per heavy atom. The largest absolute Gasteiger partial charge is 0.308 e. The van der Waals surface area contributed by atoms with Gasteiger partial charge in [-0.25, -0.2) is 0 Å². The first-order valence-electron chi connectivity index (χ1n) is 16.8. The molecule has 1 unspecified atom stereocenters. The Kier molecular flexibility index (Phi) is 6.65. The summed E-state index contributed by atoms with van der Waals surface area (Å²) < 4.78 is 2.65. The maximum Gasteiger partial charge on any atom is 0.0601 e. The lowest BCUT2D eigenvalue weighted by Crippen LogP contribution is -2.14. The molecule has 0 saturated heterocycles. The Labute approximate surface area is 294 Å². The van der Waals surface area contributed by atoms with Crippen molar-refractivity contribution in [2.24, 2.45) is 0 Å². The molecule has 1 atom stereocenters. The van der Waals surface area contributed by atoms with E-state index in [1.54, 1.807) is 0 Å². The summed E-state index contributed by atoms with van der Waals surface area (Å²) in [6.07, 6.45) is 0.871. The highest BCUT2D eigenvalue weighted by atomic mass is 32.2. The zero-order valence-electron chi connectivity index (χ0n) is 26.8. The van der Waals surface area contributed by atoms with E-state index in [0.29, 0.717) is 0 Å². The number of hydrogen-bond donors (Lipinski definition) is 0. The Bertz CT molecular complexity index is 2530. The van der Waals surface area contributed by atoms with Crippen molar-refractivity contribution in [3.8, 4) is 22.3 Å². The summed E-state index contributed by atoms with van der Waals surface area (Å²) >= 11 is 3.74. The minimum absolute atomic E-state index is 0.141. The highest BCUT2D eigenvalue weighted by molar-refractivity contribution is 7.99. The molecule has 8 aromatic rings. The Morgan fingerprint density at radius 1 is 0.592 bits per heavy atom. The van der Waals surface area contributed by atoms with Crippen LogP contribution >= 0.6 is 23.1 Å². The van der Waals surface area contributed by atoms with Crippen LogP contribution in [0.4, 0.5) is 17.1 Å². The number of rotatable bonds is 3. The van der Waals surface area contributed by atoms with E-state index < -0.39 is 0 Å². The summed E-state index contributed by atoms with van der Waals surface area (Å²) in [5, 5.41) is 2.68. The Hall–Kier alpha value is -5.35. The molecule has 2 heterocycles. The molecule has 0 radical (unpaired) electrons. The van der Waals surface area contributed by atoms with Gasteiger partial charge in [-0.15, -0.1) is 11.3 Å². The molecule has 1 aliphatic heterocycles. The fourth-order valence-electron chi connectivity index (χ4n) is 7.93. The topological polar surface area (TPSA) is 3.24 Å². The summed E-state index contributed by atoms with van der Waals surface area (Å²) in [4.78, 5) is 4.95. The normalized spacial score (nSPS) is 15.0. The summed E-state index contributed by atoms with van der Waals surface area (Å²) in [6, 6.07) is 58.1. The molecule has 7 aromatic carbocycles. The number of fused-ring (bicyclic) bond motifs is 9. The van der Waals surface area contributed by atoms with E-state index >= 15 is 0 Å². The molecule has 49 heavy (non-hydrogen) atoms. The van der Waals surface area contributed by atoms with Gasteiger partial charge in [0.2, 0.25) is 0 Å². The van der Waals surface area contributed by atoms with E-state index in [1.807, 2.05) is 23.1 Å². The second kappa shape index (κ2) is 11.4. The van der Waals surface area contributed by atoms with Crippen LogP contribution in [0.5, 0.6) is 0 Å². The van der Waals surface area contributed by atoms with Crippen LogP contribution in [0, 0.1) is 0 Å². The average Bonchev–Trinajstić information content (AvgIpc) is 3.47. The van der Waals surface area contributed by atoms with Gasteiger partial charge in [0.25, 0.3) is 0 Å². The first-order valence-corrected chi connectivity index (χ1v) is 18.4. The number of anilines is 3. The molecule has 0 spiro atoms. The molecule has 0 bridgehead atoms. The number of thiophene rings is 1. The second-order valence-electron chi connectivity index (χ2n) is 13.0. The predicted octanol–water partition coefficient (Wildman–Crippen LogP) is 13.6. The van der Waals surface area contributed by atoms with Gasteiger partial charge < -0.3 is 4.90 Å². The predicted molar refractivity (Wildman–Crippen MR) is 210 cm³/mol. The van der Waals surface area contributed by atoms with Gasteiger partial charge in [0.15, 0.2) is 0 Å². The van der Waals surface area contributed by atoms with Crippen molar-refractivity contribution < 1.29 is 0 Å². The van der Waals surface area contributed by atoms with E-state index in [4.69, 9.17) is 0 Å². The Balaban J connectivity index is 1.13. The molecule has 1 aliphatic carbocycles. The summed E-state index contributed by atoms with van der Waals surface area (Å²) in [6.45, 7) is 4.68. The highest BCUT2D eigenvalue weighted by Gasteiger charge is 2.29. The van der Waals surface area contributed by atoms with Gasteiger partial charge in [-0.2, -0.15) is 0 Å². The maximum absolute atomic E-state index is 4.68. The van der Waals surface area contributed by atoms with Crippen molar-refractivity contribution in [1.82, 2.24) is 0 Å². The number of nitrogens with zero attached hydrogens (tertiary/aromatic N) is 1. The number of benzene rings is 7. The molecular formula is C46H31NS2. The average molecular weight is 662 g/mol. The van der Waals surface area contributed by atoms with Crippen molar-refractivity contribution in [3.63, 3.8) is 0 Å². The lowest BCUT2D eigenvalue weighted by Gasteiger charge is -2.32. The van der Waals surface area contributed by atoms with Crippen molar-refractivity contribution in [3.05, 3.63) is 187 Å². The molecule has 3 heteroatoms. The van der Waals surface area contributed by atoms with Gasteiger partial charge in [-0.05, 0) is 100.0 Å². The zero-order valence-corrected chi connectivity index (χ0v) is 28.4. The van der Waals surface area contributed by atoms with Crippen LogP contribution in [0.2, 0.25) is 0 Å². The van der Waals surface area contributed by atoms with E-state index in [0.717, 1.165) is 6.42 Å². The van der Waals surface area contributed by atoms with Crippen LogP contribution in [0.25, 0.3) is 42.4 Å². The van der Waals surface area contributed by atoms with E-state index in [-0.39, 0.29) is 5.92 Å². The SMILES string of the molecule is C=C1Cc2ccccc2-c2c(ccc3sc4ccc(-c5ccc(N6c7ccccc7Sc7ccccc76)cc5)cc4c23)C1c1ccccc1. The third-order valence-electron chi connectivity index (χ3n) is 10.1. The second-order valence-corrected chi connectivity index (χ2v) is 15.1. The van der Waals surface area contributed by atoms with Gasteiger partial charge in [0.1, 0.15) is 0 Å². The molecule has 0 amide bonds. The minimum Gasteiger partial charge on any atom is -0.308 e. The number of para-hydroxylation sites is 2. The zero-order chi connectivity index (χ0) is 32.5.